The summed E-state index contributed by atoms with van der Waals surface area (Å²) in [6, 6.07) is 25.2. The molecule has 0 saturated carbocycles. The Kier molecular flexibility index (Phi) is 8.75. The minimum absolute atomic E-state index is 0.0136. The van der Waals surface area contributed by atoms with E-state index in [9.17, 15) is 4.79 Å². The van der Waals surface area contributed by atoms with Gasteiger partial charge in [0.15, 0.2) is 12.0 Å². The van der Waals surface area contributed by atoms with Gasteiger partial charge in [0.25, 0.3) is 0 Å². The lowest BCUT2D eigenvalue weighted by atomic mass is 10.0. The monoisotopic (exact) mass is 476 g/mol. The predicted octanol–water partition coefficient (Wildman–Crippen LogP) is 6.28. The zero-order valence-electron chi connectivity index (χ0n) is 19.8. The van der Waals surface area contributed by atoms with Crippen LogP contribution in [0.25, 0.3) is 0 Å². The Morgan fingerprint density at radius 2 is 1.50 bits per heavy atom. The second-order valence-electron chi connectivity index (χ2n) is 8.87. The zero-order chi connectivity index (χ0) is 23.8. The summed E-state index contributed by atoms with van der Waals surface area (Å²) < 4.78 is 6.44. The lowest BCUT2D eigenvalue weighted by Gasteiger charge is -2.39. The molecule has 3 aromatic rings. The summed E-state index contributed by atoms with van der Waals surface area (Å²) in [6.45, 7) is 7.28. The van der Waals surface area contributed by atoms with Gasteiger partial charge in [-0.1, -0.05) is 55.3 Å². The summed E-state index contributed by atoms with van der Waals surface area (Å²) in [5.74, 6) is 0.792. The highest BCUT2D eigenvalue weighted by Gasteiger charge is 2.25. The summed E-state index contributed by atoms with van der Waals surface area (Å²) in [5, 5.41) is 0.624. The van der Waals surface area contributed by atoms with Gasteiger partial charge in [0, 0.05) is 48.9 Å². The van der Waals surface area contributed by atoms with Gasteiger partial charge in [-0.05, 0) is 66.9 Å². The SMILES string of the molecule is CCCCC(Oc1ccc(C(=O)c2ccc(Cl)cc2)cc1)N1CCN(Cc2ccccc2)CC1. The Labute approximate surface area is 208 Å². The number of ketones is 1. The third-order valence-electron chi connectivity index (χ3n) is 6.36. The number of hydrogen-bond donors (Lipinski definition) is 0. The van der Waals surface area contributed by atoms with Crippen LogP contribution in [-0.2, 0) is 6.54 Å². The molecule has 1 atom stereocenters. The lowest BCUT2D eigenvalue weighted by molar-refractivity contribution is -0.0153. The molecule has 3 aromatic carbocycles. The van der Waals surface area contributed by atoms with E-state index in [-0.39, 0.29) is 12.0 Å². The van der Waals surface area contributed by atoms with E-state index in [1.165, 1.54) is 5.56 Å². The Morgan fingerprint density at radius 1 is 0.882 bits per heavy atom. The molecule has 1 saturated heterocycles. The van der Waals surface area contributed by atoms with Crippen molar-refractivity contribution in [1.82, 2.24) is 9.80 Å². The summed E-state index contributed by atoms with van der Waals surface area (Å²) in [7, 11) is 0. The molecule has 1 fully saturated rings. The van der Waals surface area contributed by atoms with E-state index >= 15 is 0 Å². The largest absolute Gasteiger partial charge is 0.475 e. The Hall–Kier alpha value is -2.66. The highest BCUT2D eigenvalue weighted by molar-refractivity contribution is 6.30. The molecule has 178 valence electrons. The van der Waals surface area contributed by atoms with Crippen LogP contribution >= 0.6 is 11.6 Å². The maximum Gasteiger partial charge on any atom is 0.193 e. The summed E-state index contributed by atoms with van der Waals surface area (Å²) in [6.07, 6.45) is 3.32. The highest BCUT2D eigenvalue weighted by Crippen LogP contribution is 2.22. The Morgan fingerprint density at radius 3 is 2.12 bits per heavy atom. The van der Waals surface area contributed by atoms with Crippen LogP contribution in [0.2, 0.25) is 5.02 Å². The van der Waals surface area contributed by atoms with E-state index in [4.69, 9.17) is 16.3 Å². The second-order valence-corrected chi connectivity index (χ2v) is 9.31. The molecular weight excluding hydrogens is 444 g/mol. The molecule has 0 radical (unpaired) electrons. The number of carbonyl (C=O) groups excluding carboxylic acids is 1. The van der Waals surface area contributed by atoms with Gasteiger partial charge in [0.05, 0.1) is 0 Å². The molecule has 0 amide bonds. The van der Waals surface area contributed by atoms with Crippen molar-refractivity contribution < 1.29 is 9.53 Å². The van der Waals surface area contributed by atoms with E-state index in [0.717, 1.165) is 57.7 Å². The molecule has 1 aliphatic heterocycles. The molecule has 0 aliphatic carbocycles. The smallest absolute Gasteiger partial charge is 0.193 e. The number of piperazine rings is 1. The first-order chi connectivity index (χ1) is 16.6. The summed E-state index contributed by atoms with van der Waals surface area (Å²) in [5.41, 5.74) is 2.64. The van der Waals surface area contributed by atoms with Gasteiger partial charge < -0.3 is 4.74 Å². The lowest BCUT2D eigenvalue weighted by Crippen LogP contribution is -2.51. The molecule has 0 bridgehead atoms. The molecule has 0 N–H and O–H groups in total. The van der Waals surface area contributed by atoms with Gasteiger partial charge in [-0.15, -0.1) is 0 Å². The van der Waals surface area contributed by atoms with Gasteiger partial charge in [0.1, 0.15) is 5.75 Å². The Balaban J connectivity index is 1.35. The second kappa shape index (κ2) is 12.2. The van der Waals surface area contributed by atoms with Gasteiger partial charge >= 0.3 is 0 Å². The molecule has 0 aromatic heterocycles. The maximum atomic E-state index is 12.7. The van der Waals surface area contributed by atoms with Crippen molar-refractivity contribution in [1.29, 1.82) is 0 Å². The van der Waals surface area contributed by atoms with E-state index < -0.39 is 0 Å². The summed E-state index contributed by atoms with van der Waals surface area (Å²) in [4.78, 5) is 17.7. The van der Waals surface area contributed by atoms with Crippen molar-refractivity contribution in [3.63, 3.8) is 0 Å². The number of ether oxygens (including phenoxy) is 1. The number of nitrogens with zero attached hydrogens (tertiary/aromatic N) is 2. The standard InChI is InChI=1S/C29H33ClN2O2/c1-2-3-9-28(32-20-18-31(19-21-32)22-23-7-5-4-6-8-23)34-27-16-12-25(13-17-27)29(33)24-10-14-26(30)15-11-24/h4-8,10-17,28H,2-3,9,18-22H2,1H3. The van der Waals surface area contributed by atoms with Crippen molar-refractivity contribution in [2.75, 3.05) is 26.2 Å². The average molecular weight is 477 g/mol. The molecule has 4 nitrogen and oxygen atoms in total. The first-order valence-electron chi connectivity index (χ1n) is 12.2. The van der Waals surface area contributed by atoms with Crippen molar-refractivity contribution in [2.45, 2.75) is 39.0 Å². The molecule has 5 heteroatoms. The fourth-order valence-electron chi connectivity index (χ4n) is 4.36. The average Bonchev–Trinajstić information content (AvgIpc) is 2.88. The quantitative estimate of drug-likeness (QED) is 0.322. The van der Waals surface area contributed by atoms with Crippen LogP contribution < -0.4 is 4.74 Å². The van der Waals surface area contributed by atoms with Crippen molar-refractivity contribution in [3.05, 3.63) is 101 Å². The van der Waals surface area contributed by atoms with Gasteiger partial charge in [-0.25, -0.2) is 0 Å². The third-order valence-corrected chi connectivity index (χ3v) is 6.61. The Bertz CT molecular complexity index is 1030. The molecule has 1 heterocycles. The van der Waals surface area contributed by atoms with Crippen molar-refractivity contribution in [3.8, 4) is 5.75 Å². The molecule has 0 spiro atoms. The highest BCUT2D eigenvalue weighted by atomic mass is 35.5. The van der Waals surface area contributed by atoms with E-state index in [1.807, 2.05) is 24.3 Å². The van der Waals surface area contributed by atoms with Crippen molar-refractivity contribution in [2.24, 2.45) is 0 Å². The summed E-state index contributed by atoms with van der Waals surface area (Å²) >= 11 is 5.94. The number of hydrogen-bond acceptors (Lipinski definition) is 4. The van der Waals surface area contributed by atoms with Gasteiger partial charge in [-0.2, -0.15) is 0 Å². The van der Waals surface area contributed by atoms with E-state index in [1.54, 1.807) is 24.3 Å². The molecule has 1 aliphatic rings. The fourth-order valence-corrected chi connectivity index (χ4v) is 4.48. The number of benzene rings is 3. The minimum Gasteiger partial charge on any atom is -0.475 e. The van der Waals surface area contributed by atoms with Gasteiger partial charge in [0.2, 0.25) is 0 Å². The van der Waals surface area contributed by atoms with Crippen LogP contribution in [-0.4, -0.2) is 48.0 Å². The number of halogens is 1. The molecule has 4 rings (SSSR count). The van der Waals surface area contributed by atoms with E-state index in [0.29, 0.717) is 16.1 Å². The molecule has 34 heavy (non-hydrogen) atoms. The van der Waals surface area contributed by atoms with Crippen LogP contribution in [0.5, 0.6) is 5.75 Å². The molecule has 1 unspecified atom stereocenters. The number of unbranched alkanes of at least 4 members (excludes halogenated alkanes) is 1. The number of rotatable bonds is 10. The van der Waals surface area contributed by atoms with Crippen LogP contribution in [0.4, 0.5) is 0 Å². The maximum absolute atomic E-state index is 12.7. The van der Waals surface area contributed by atoms with E-state index in [2.05, 4.69) is 47.1 Å². The number of carbonyl (C=O) groups is 1. The first-order valence-corrected chi connectivity index (χ1v) is 12.6. The predicted molar refractivity (Wildman–Crippen MR) is 139 cm³/mol. The first kappa shape index (κ1) is 24.5. The fraction of sp³-hybridized carbons (Fsp3) is 0.345. The minimum atomic E-state index is -0.0136. The van der Waals surface area contributed by atoms with Crippen molar-refractivity contribution >= 4 is 17.4 Å². The third kappa shape index (κ3) is 6.69. The van der Waals surface area contributed by atoms with Crippen LogP contribution in [0.1, 0.15) is 47.7 Å². The van der Waals surface area contributed by atoms with Crippen LogP contribution in [0.3, 0.4) is 0 Å². The van der Waals surface area contributed by atoms with Crippen LogP contribution in [0, 0.1) is 0 Å². The molecular formula is C29H33ClN2O2. The normalized spacial score (nSPS) is 15.7. The van der Waals surface area contributed by atoms with Gasteiger partial charge in [-0.3, -0.25) is 14.6 Å². The zero-order valence-corrected chi connectivity index (χ0v) is 20.6. The topological polar surface area (TPSA) is 32.8 Å². The van der Waals surface area contributed by atoms with Crippen LogP contribution in [0.15, 0.2) is 78.9 Å².